The van der Waals surface area contributed by atoms with E-state index in [1.54, 1.807) is 6.92 Å². The van der Waals surface area contributed by atoms with Crippen molar-refractivity contribution in [2.75, 3.05) is 19.8 Å². The molecular weight excluding hydrogens is 328 g/mol. The van der Waals surface area contributed by atoms with Crippen LogP contribution in [0.3, 0.4) is 0 Å². The Bertz CT molecular complexity index is 302. The van der Waals surface area contributed by atoms with Crippen molar-refractivity contribution < 1.29 is 55.8 Å². The summed E-state index contributed by atoms with van der Waals surface area (Å²) in [5.74, 6) is -1.22. The first-order chi connectivity index (χ1) is 9.70. The fraction of sp³-hybridized carbons (Fsp3) is 0.571. The van der Waals surface area contributed by atoms with Crippen LogP contribution in [-0.4, -0.2) is 53.4 Å². The van der Waals surface area contributed by atoms with Crippen molar-refractivity contribution in [3.63, 3.8) is 0 Å². The van der Waals surface area contributed by atoms with Gasteiger partial charge in [0.15, 0.2) is 5.97 Å². The van der Waals surface area contributed by atoms with Crippen molar-refractivity contribution in [3.8, 4) is 0 Å². The molecule has 0 aliphatic heterocycles. The minimum Gasteiger partial charge on any atom is -0.488 e. The summed E-state index contributed by atoms with van der Waals surface area (Å²) < 4.78 is 4.44. The number of rotatable bonds is 7. The number of esters is 1. The SMILES string of the molecule is CC(=O)[CH-]C(C)=O.CCOC(=O)[CH-]C(C)=O.OCCCO.[Ti+2]. The van der Waals surface area contributed by atoms with Crippen LogP contribution in [0.2, 0.25) is 0 Å². The first-order valence-corrected chi connectivity index (χ1v) is 6.30. The smallest absolute Gasteiger partial charge is 0.488 e. The van der Waals surface area contributed by atoms with Crippen LogP contribution in [0.1, 0.15) is 34.1 Å². The van der Waals surface area contributed by atoms with E-state index in [4.69, 9.17) is 10.2 Å². The Morgan fingerprint density at radius 2 is 1.23 bits per heavy atom. The van der Waals surface area contributed by atoms with E-state index in [1.165, 1.54) is 20.8 Å². The summed E-state index contributed by atoms with van der Waals surface area (Å²) >= 11 is 0. The van der Waals surface area contributed by atoms with E-state index >= 15 is 0 Å². The summed E-state index contributed by atoms with van der Waals surface area (Å²) in [6.07, 6.45) is 2.48. The van der Waals surface area contributed by atoms with Crippen LogP contribution in [-0.2, 0) is 45.6 Å². The molecule has 0 aromatic carbocycles. The topological polar surface area (TPSA) is 118 Å². The first-order valence-electron chi connectivity index (χ1n) is 6.30. The number of hydrogen-bond acceptors (Lipinski definition) is 7. The van der Waals surface area contributed by atoms with Gasteiger partial charge < -0.3 is 29.3 Å². The van der Waals surface area contributed by atoms with Crippen molar-refractivity contribution in [1.29, 1.82) is 0 Å². The number of carbonyl (C=O) groups excluding carboxylic acids is 4. The molecule has 0 aliphatic rings. The summed E-state index contributed by atoms with van der Waals surface area (Å²) in [7, 11) is 0. The average molecular weight is 352 g/mol. The second-order valence-electron chi connectivity index (χ2n) is 3.67. The number of ether oxygens (including phenoxy) is 1. The van der Waals surface area contributed by atoms with E-state index < -0.39 is 5.97 Å². The van der Waals surface area contributed by atoms with Gasteiger partial charge in [-0.15, -0.1) is 0 Å². The van der Waals surface area contributed by atoms with Gasteiger partial charge in [0.1, 0.15) is 0 Å². The molecule has 0 heterocycles. The van der Waals surface area contributed by atoms with Crippen molar-refractivity contribution >= 4 is 23.3 Å². The van der Waals surface area contributed by atoms with Gasteiger partial charge in [0.25, 0.3) is 0 Å². The van der Waals surface area contributed by atoms with E-state index in [1.807, 2.05) is 0 Å². The molecule has 0 amide bonds. The Balaban J connectivity index is -0.000000113. The van der Waals surface area contributed by atoms with Gasteiger partial charge in [-0.3, -0.25) is 11.2 Å². The molecule has 22 heavy (non-hydrogen) atoms. The van der Waals surface area contributed by atoms with Gasteiger partial charge in [-0.2, -0.15) is 0 Å². The molecule has 0 aliphatic carbocycles. The minimum atomic E-state index is -0.565. The maximum atomic E-state index is 10.4. The number of Topliss-reactive ketones (excluding diaryl/α,β-unsaturated/α-hetero) is 3. The number of hydrogen-bond donors (Lipinski definition) is 2. The van der Waals surface area contributed by atoms with E-state index in [9.17, 15) is 19.2 Å². The molecule has 2 N–H and O–H groups in total. The molecular formula is C14H24O7Ti. The van der Waals surface area contributed by atoms with Crippen LogP contribution in [0.15, 0.2) is 0 Å². The normalized spacial score (nSPS) is 7.73. The molecule has 0 atom stereocenters. The molecule has 0 saturated heterocycles. The monoisotopic (exact) mass is 352 g/mol. The van der Waals surface area contributed by atoms with Gasteiger partial charge in [0, 0.05) is 30.6 Å². The number of aliphatic hydroxyl groups is 2. The fourth-order valence-corrected chi connectivity index (χ4v) is 0.707. The zero-order valence-corrected chi connectivity index (χ0v) is 15.0. The van der Waals surface area contributed by atoms with Gasteiger partial charge in [0.05, 0.1) is 6.61 Å². The first kappa shape index (κ1) is 28.9. The summed E-state index contributed by atoms with van der Waals surface area (Å²) in [6.45, 7) is 6.18. The van der Waals surface area contributed by atoms with Gasteiger partial charge >= 0.3 is 21.7 Å². The van der Waals surface area contributed by atoms with E-state index in [0.29, 0.717) is 13.0 Å². The molecule has 0 bridgehead atoms. The summed E-state index contributed by atoms with van der Waals surface area (Å²) in [4.78, 5) is 40.5. The Hall–Kier alpha value is -1.15. The predicted octanol–water partition coefficient (Wildman–Crippen LogP) is 0.0701. The van der Waals surface area contributed by atoms with Crippen molar-refractivity contribution in [2.24, 2.45) is 0 Å². The van der Waals surface area contributed by atoms with Crippen LogP contribution in [0, 0.1) is 12.8 Å². The molecule has 0 fully saturated rings. The van der Waals surface area contributed by atoms with E-state index in [2.05, 4.69) is 4.74 Å². The van der Waals surface area contributed by atoms with Crippen LogP contribution in [0.5, 0.6) is 0 Å². The standard InChI is InChI=1S/C6H9O3.C5H7O2.C3H8O2.Ti/c1-3-9-6(8)4-5(2)7;1-4(6)3-5(2)7;4-2-1-3-5;/h4H,3H2,1-2H3;3H,1-2H3;4-5H,1-3H2;/q2*-1;;+2. The van der Waals surface area contributed by atoms with Crippen LogP contribution >= 0.6 is 0 Å². The Kier molecular flexibility index (Phi) is 29.1. The molecule has 126 valence electrons. The van der Waals surface area contributed by atoms with Crippen molar-refractivity contribution in [2.45, 2.75) is 34.1 Å². The maximum Gasteiger partial charge on any atom is 2.00 e. The Labute approximate surface area is 146 Å². The maximum absolute atomic E-state index is 10.4. The van der Waals surface area contributed by atoms with Gasteiger partial charge in [-0.05, 0) is 34.1 Å². The van der Waals surface area contributed by atoms with Crippen LogP contribution in [0.25, 0.3) is 0 Å². The second-order valence-corrected chi connectivity index (χ2v) is 3.67. The van der Waals surface area contributed by atoms with Crippen LogP contribution < -0.4 is 0 Å². The van der Waals surface area contributed by atoms with Crippen LogP contribution in [0.4, 0.5) is 0 Å². The second kappa shape index (κ2) is 22.1. The molecule has 0 spiro atoms. The predicted molar refractivity (Wildman–Crippen MR) is 76.1 cm³/mol. The number of ketones is 3. The van der Waals surface area contributed by atoms with Crippen molar-refractivity contribution in [1.82, 2.24) is 0 Å². The van der Waals surface area contributed by atoms with Gasteiger partial charge in [0.2, 0.25) is 0 Å². The summed E-state index contributed by atoms with van der Waals surface area (Å²) in [5, 5.41) is 15.8. The zero-order chi connectivity index (χ0) is 17.3. The number of aliphatic hydroxyl groups excluding tert-OH is 2. The largest absolute Gasteiger partial charge is 2.00 e. The third-order valence-electron chi connectivity index (χ3n) is 1.33. The fourth-order valence-electron chi connectivity index (χ4n) is 0.707. The van der Waals surface area contributed by atoms with Gasteiger partial charge in [-0.1, -0.05) is 0 Å². The van der Waals surface area contributed by atoms with E-state index in [0.717, 1.165) is 12.8 Å². The summed E-state index contributed by atoms with van der Waals surface area (Å²) in [5.41, 5.74) is 0. The average Bonchev–Trinajstić information content (AvgIpc) is 2.28. The van der Waals surface area contributed by atoms with Crippen molar-refractivity contribution in [3.05, 3.63) is 12.8 Å². The quantitative estimate of drug-likeness (QED) is 0.288. The molecule has 0 unspecified atom stereocenters. The third kappa shape index (κ3) is 42.8. The minimum absolute atomic E-state index is 0. The molecule has 7 nitrogen and oxygen atoms in total. The number of carbonyl (C=O) groups is 4. The van der Waals surface area contributed by atoms with E-state index in [-0.39, 0.29) is 52.3 Å². The zero-order valence-electron chi connectivity index (χ0n) is 13.4. The molecule has 0 aromatic rings. The Morgan fingerprint density at radius 1 is 0.864 bits per heavy atom. The summed E-state index contributed by atoms with van der Waals surface area (Å²) in [6, 6.07) is 0. The molecule has 0 rings (SSSR count). The molecule has 0 radical (unpaired) electrons. The molecule has 0 aromatic heterocycles. The van der Waals surface area contributed by atoms with Gasteiger partial charge in [-0.25, -0.2) is 6.42 Å². The Morgan fingerprint density at radius 3 is 1.36 bits per heavy atom. The molecule has 8 heteroatoms. The molecule has 0 saturated carbocycles. The third-order valence-corrected chi connectivity index (χ3v) is 1.33.